The van der Waals surface area contributed by atoms with Gasteiger partial charge in [0.15, 0.2) is 0 Å². The molecular weight excluding hydrogens is 252 g/mol. The van der Waals surface area contributed by atoms with E-state index in [-0.39, 0.29) is 5.91 Å². The Labute approximate surface area is 118 Å². The lowest BCUT2D eigenvalue weighted by atomic mass is 10.1. The van der Waals surface area contributed by atoms with Gasteiger partial charge in [0.2, 0.25) is 0 Å². The van der Waals surface area contributed by atoms with Crippen molar-refractivity contribution in [3.05, 3.63) is 30.0 Å². The van der Waals surface area contributed by atoms with E-state index in [9.17, 15) is 4.79 Å². The predicted octanol–water partition coefficient (Wildman–Crippen LogP) is 1.78. The number of aromatic nitrogens is 2. The molecule has 0 radical (unpaired) electrons. The molecule has 0 bridgehead atoms. The molecule has 0 atom stereocenters. The summed E-state index contributed by atoms with van der Waals surface area (Å²) >= 11 is 0. The van der Waals surface area contributed by atoms with Gasteiger partial charge in [0.25, 0.3) is 5.91 Å². The average molecular weight is 272 g/mol. The molecule has 1 aliphatic heterocycles. The van der Waals surface area contributed by atoms with Gasteiger partial charge < -0.3 is 10.2 Å². The van der Waals surface area contributed by atoms with Crippen molar-refractivity contribution in [2.24, 2.45) is 0 Å². The molecule has 2 heterocycles. The van der Waals surface area contributed by atoms with Crippen LogP contribution in [0.15, 0.2) is 24.4 Å². The number of fused-ring (bicyclic) bond motifs is 1. The van der Waals surface area contributed by atoms with Gasteiger partial charge in [-0.2, -0.15) is 5.10 Å². The van der Waals surface area contributed by atoms with Crippen LogP contribution in [0, 0.1) is 0 Å². The number of H-pyrrole nitrogens is 1. The largest absolute Gasteiger partial charge is 0.351 e. The molecule has 1 fully saturated rings. The first-order chi connectivity index (χ1) is 9.83. The summed E-state index contributed by atoms with van der Waals surface area (Å²) in [6, 6.07) is 5.59. The lowest BCUT2D eigenvalue weighted by Gasteiger charge is -2.26. The third-order valence-corrected chi connectivity index (χ3v) is 3.86. The second-order valence-electron chi connectivity index (χ2n) is 5.33. The molecule has 3 rings (SSSR count). The van der Waals surface area contributed by atoms with Crippen molar-refractivity contribution in [1.29, 1.82) is 0 Å². The number of benzene rings is 1. The fraction of sp³-hybridized carbons (Fsp3) is 0.467. The molecule has 5 heteroatoms. The minimum Gasteiger partial charge on any atom is -0.351 e. The molecule has 2 N–H and O–H groups in total. The van der Waals surface area contributed by atoms with Crippen LogP contribution in [0.4, 0.5) is 0 Å². The fourth-order valence-corrected chi connectivity index (χ4v) is 2.70. The van der Waals surface area contributed by atoms with Gasteiger partial charge in [0.05, 0.1) is 11.7 Å². The van der Waals surface area contributed by atoms with Crippen LogP contribution in [0.2, 0.25) is 0 Å². The van der Waals surface area contributed by atoms with Gasteiger partial charge in [0.1, 0.15) is 0 Å². The van der Waals surface area contributed by atoms with E-state index in [1.165, 1.54) is 19.3 Å². The zero-order valence-electron chi connectivity index (χ0n) is 11.6. The Morgan fingerprint density at radius 3 is 3.00 bits per heavy atom. The van der Waals surface area contributed by atoms with Crippen molar-refractivity contribution < 1.29 is 4.79 Å². The molecule has 0 saturated carbocycles. The van der Waals surface area contributed by atoms with E-state index in [1.54, 1.807) is 6.20 Å². The van der Waals surface area contributed by atoms with Crippen LogP contribution in [-0.2, 0) is 0 Å². The highest BCUT2D eigenvalue weighted by Gasteiger charge is 2.11. The Morgan fingerprint density at radius 2 is 2.15 bits per heavy atom. The molecule has 2 aromatic rings. The molecule has 1 aromatic heterocycles. The first kappa shape index (κ1) is 13.1. The van der Waals surface area contributed by atoms with Crippen molar-refractivity contribution in [3.8, 4) is 0 Å². The zero-order valence-corrected chi connectivity index (χ0v) is 11.6. The van der Waals surface area contributed by atoms with Crippen molar-refractivity contribution >= 4 is 16.8 Å². The molecule has 20 heavy (non-hydrogen) atoms. The van der Waals surface area contributed by atoms with Crippen molar-refractivity contribution in [2.45, 2.75) is 19.3 Å². The van der Waals surface area contributed by atoms with Crippen molar-refractivity contribution in [1.82, 2.24) is 20.4 Å². The topological polar surface area (TPSA) is 61.0 Å². The van der Waals surface area contributed by atoms with Crippen LogP contribution in [0.25, 0.3) is 10.9 Å². The first-order valence-corrected chi connectivity index (χ1v) is 7.26. The summed E-state index contributed by atoms with van der Waals surface area (Å²) in [6.07, 6.45) is 5.64. The summed E-state index contributed by atoms with van der Waals surface area (Å²) in [7, 11) is 0. The number of rotatable bonds is 4. The summed E-state index contributed by atoms with van der Waals surface area (Å²) in [5, 5.41) is 10.8. The second kappa shape index (κ2) is 6.05. The van der Waals surface area contributed by atoms with Crippen LogP contribution in [0.5, 0.6) is 0 Å². The summed E-state index contributed by atoms with van der Waals surface area (Å²) in [5.74, 6) is -0.00916. The van der Waals surface area contributed by atoms with Gasteiger partial charge in [-0.15, -0.1) is 0 Å². The molecule has 1 aromatic carbocycles. The predicted molar refractivity (Wildman–Crippen MR) is 78.7 cm³/mol. The highest BCUT2D eigenvalue weighted by atomic mass is 16.1. The second-order valence-corrected chi connectivity index (χ2v) is 5.33. The van der Waals surface area contributed by atoms with Gasteiger partial charge >= 0.3 is 0 Å². The molecule has 1 aliphatic rings. The van der Waals surface area contributed by atoms with Crippen LogP contribution in [0.3, 0.4) is 0 Å². The zero-order chi connectivity index (χ0) is 13.8. The Morgan fingerprint density at radius 1 is 1.30 bits per heavy atom. The lowest BCUT2D eigenvalue weighted by molar-refractivity contribution is 0.0946. The van der Waals surface area contributed by atoms with E-state index in [0.717, 1.165) is 30.5 Å². The van der Waals surface area contributed by atoms with Gasteiger partial charge in [0, 0.05) is 24.0 Å². The molecular formula is C15H20N4O. The van der Waals surface area contributed by atoms with E-state index in [4.69, 9.17) is 0 Å². The smallest absolute Gasteiger partial charge is 0.251 e. The van der Waals surface area contributed by atoms with Crippen molar-refractivity contribution in [3.63, 3.8) is 0 Å². The maximum atomic E-state index is 12.1. The number of carbonyl (C=O) groups excluding carboxylic acids is 1. The van der Waals surface area contributed by atoms with Crippen LogP contribution in [-0.4, -0.2) is 47.2 Å². The number of carbonyl (C=O) groups is 1. The normalized spacial score (nSPS) is 16.4. The van der Waals surface area contributed by atoms with Crippen molar-refractivity contribution in [2.75, 3.05) is 26.2 Å². The molecule has 0 aliphatic carbocycles. The van der Waals surface area contributed by atoms with E-state index in [2.05, 4.69) is 20.4 Å². The summed E-state index contributed by atoms with van der Waals surface area (Å²) < 4.78 is 0. The molecule has 5 nitrogen and oxygen atoms in total. The Kier molecular flexibility index (Phi) is 3.97. The minimum atomic E-state index is -0.00916. The Bertz CT molecular complexity index is 586. The van der Waals surface area contributed by atoms with Crippen LogP contribution < -0.4 is 5.32 Å². The van der Waals surface area contributed by atoms with Crippen LogP contribution in [0.1, 0.15) is 29.6 Å². The van der Waals surface area contributed by atoms with Gasteiger partial charge in [-0.05, 0) is 44.1 Å². The monoisotopic (exact) mass is 272 g/mol. The molecule has 106 valence electrons. The van der Waals surface area contributed by atoms with Crippen LogP contribution >= 0.6 is 0 Å². The van der Waals surface area contributed by atoms with E-state index >= 15 is 0 Å². The summed E-state index contributed by atoms with van der Waals surface area (Å²) in [5.41, 5.74) is 1.65. The maximum Gasteiger partial charge on any atom is 0.251 e. The standard InChI is InChI=1S/C15H20N4O/c20-15(16-6-9-19-7-2-1-3-8-19)12-4-5-14-13(10-12)11-17-18-14/h4-5,10-11H,1-3,6-9H2,(H,16,20)(H,17,18). The lowest BCUT2D eigenvalue weighted by Crippen LogP contribution is -2.37. The molecule has 0 spiro atoms. The van der Waals surface area contributed by atoms with Gasteiger partial charge in [-0.1, -0.05) is 6.42 Å². The first-order valence-electron chi connectivity index (χ1n) is 7.26. The summed E-state index contributed by atoms with van der Waals surface area (Å²) in [4.78, 5) is 14.5. The Balaban J connectivity index is 1.53. The number of nitrogens with one attached hydrogen (secondary N) is 2. The number of hydrogen-bond acceptors (Lipinski definition) is 3. The van der Waals surface area contributed by atoms with E-state index in [0.29, 0.717) is 12.1 Å². The number of amides is 1. The number of aromatic amines is 1. The maximum absolute atomic E-state index is 12.1. The molecule has 0 unspecified atom stereocenters. The molecule has 1 amide bonds. The summed E-state index contributed by atoms with van der Waals surface area (Å²) in [6.45, 7) is 3.98. The minimum absolute atomic E-state index is 0.00916. The fourth-order valence-electron chi connectivity index (χ4n) is 2.70. The van der Waals surface area contributed by atoms with E-state index in [1.807, 2.05) is 18.2 Å². The number of nitrogens with zero attached hydrogens (tertiary/aromatic N) is 2. The number of piperidine rings is 1. The highest BCUT2D eigenvalue weighted by molar-refractivity contribution is 5.97. The molecule has 1 saturated heterocycles. The SMILES string of the molecule is O=C(NCCN1CCCCC1)c1ccc2[nH]ncc2c1. The number of hydrogen-bond donors (Lipinski definition) is 2. The third-order valence-electron chi connectivity index (χ3n) is 3.86. The van der Waals surface area contributed by atoms with Gasteiger partial charge in [-0.3, -0.25) is 9.89 Å². The average Bonchev–Trinajstić information content (AvgIpc) is 2.95. The number of likely N-dealkylation sites (tertiary alicyclic amines) is 1. The third kappa shape index (κ3) is 2.99. The highest BCUT2D eigenvalue weighted by Crippen LogP contribution is 2.12. The van der Waals surface area contributed by atoms with Gasteiger partial charge in [-0.25, -0.2) is 0 Å². The quantitative estimate of drug-likeness (QED) is 0.892. The van der Waals surface area contributed by atoms with E-state index < -0.39 is 0 Å². The Hall–Kier alpha value is -1.88.